The topological polar surface area (TPSA) is 53.7 Å². The normalized spacial score (nSPS) is 52.2. The van der Waals surface area contributed by atoms with E-state index >= 15 is 0 Å². The zero-order chi connectivity index (χ0) is 7.24. The Morgan fingerprint density at radius 1 is 1.40 bits per heavy atom. The number of ether oxygens (including phenoxy) is 3. The van der Waals surface area contributed by atoms with Crippen LogP contribution in [0.15, 0.2) is 0 Å². The molecule has 0 aromatic carbocycles. The summed E-state index contributed by atoms with van der Waals surface area (Å²) < 4.78 is 15.9. The van der Waals surface area contributed by atoms with E-state index in [4.69, 9.17) is 19.9 Å². The highest BCUT2D eigenvalue weighted by Gasteiger charge is 2.55. The van der Waals surface area contributed by atoms with Gasteiger partial charge in [0.2, 0.25) is 0 Å². The Balaban J connectivity index is 2.19. The van der Waals surface area contributed by atoms with Crippen LogP contribution in [0.25, 0.3) is 0 Å². The molecule has 0 amide bonds. The number of fused-ring (bicyclic) bond motifs is 2. The molecule has 0 aliphatic carbocycles. The third-order valence-electron chi connectivity index (χ3n) is 1.85. The number of rotatable bonds is 1. The van der Waals surface area contributed by atoms with Crippen LogP contribution < -0.4 is 5.73 Å². The molecule has 0 saturated carbocycles. The van der Waals surface area contributed by atoms with Crippen molar-refractivity contribution in [3.63, 3.8) is 0 Å². The van der Waals surface area contributed by atoms with Gasteiger partial charge in [0.1, 0.15) is 5.60 Å². The molecular formula is C6H11NO3. The SMILES string of the molecule is CC12COC(CN)(OC1)O2. The molecule has 2 saturated heterocycles. The second kappa shape index (κ2) is 1.71. The Kier molecular flexibility index (Phi) is 1.12. The molecule has 0 spiro atoms. The second-order valence-electron chi connectivity index (χ2n) is 3.02. The predicted octanol–water partition coefficient (Wildman–Crippen LogP) is -0.565. The maximum atomic E-state index is 5.43. The summed E-state index contributed by atoms with van der Waals surface area (Å²) in [5, 5.41) is 0. The third kappa shape index (κ3) is 0.703. The van der Waals surface area contributed by atoms with Crippen LogP contribution in [0.4, 0.5) is 0 Å². The van der Waals surface area contributed by atoms with E-state index in [1.54, 1.807) is 0 Å². The first kappa shape index (κ1) is 6.54. The minimum absolute atomic E-state index is 0.251. The lowest BCUT2D eigenvalue weighted by Crippen LogP contribution is -2.40. The van der Waals surface area contributed by atoms with Gasteiger partial charge < -0.3 is 19.9 Å². The first-order valence-corrected chi connectivity index (χ1v) is 3.36. The van der Waals surface area contributed by atoms with Crippen molar-refractivity contribution in [3.8, 4) is 0 Å². The molecule has 4 heteroatoms. The van der Waals surface area contributed by atoms with Crippen molar-refractivity contribution >= 4 is 0 Å². The smallest absolute Gasteiger partial charge is 0.296 e. The van der Waals surface area contributed by atoms with E-state index in [9.17, 15) is 0 Å². The average Bonchev–Trinajstić information content (AvgIpc) is 2.42. The summed E-state index contributed by atoms with van der Waals surface area (Å²) >= 11 is 0. The van der Waals surface area contributed by atoms with Crippen LogP contribution >= 0.6 is 0 Å². The summed E-state index contributed by atoms with van der Waals surface area (Å²) in [6.07, 6.45) is 0. The molecule has 0 aromatic rings. The first-order chi connectivity index (χ1) is 4.68. The van der Waals surface area contributed by atoms with Crippen LogP contribution in [0, 0.1) is 0 Å². The van der Waals surface area contributed by atoms with E-state index in [-0.39, 0.29) is 12.1 Å². The van der Waals surface area contributed by atoms with Crippen molar-refractivity contribution in [1.82, 2.24) is 0 Å². The zero-order valence-electron chi connectivity index (χ0n) is 5.92. The van der Waals surface area contributed by atoms with Gasteiger partial charge in [-0.25, -0.2) is 0 Å². The van der Waals surface area contributed by atoms with E-state index in [1.165, 1.54) is 0 Å². The molecule has 0 unspecified atom stereocenters. The van der Waals surface area contributed by atoms with Crippen molar-refractivity contribution in [2.75, 3.05) is 19.8 Å². The van der Waals surface area contributed by atoms with Gasteiger partial charge in [0.05, 0.1) is 19.8 Å². The van der Waals surface area contributed by atoms with Crippen molar-refractivity contribution in [3.05, 3.63) is 0 Å². The largest absolute Gasteiger partial charge is 0.324 e. The number of hydrogen-bond donors (Lipinski definition) is 1. The molecule has 10 heavy (non-hydrogen) atoms. The lowest BCUT2D eigenvalue weighted by atomic mass is 10.1. The van der Waals surface area contributed by atoms with E-state index in [2.05, 4.69) is 0 Å². The molecule has 0 aromatic heterocycles. The minimum atomic E-state index is -0.908. The van der Waals surface area contributed by atoms with Crippen LogP contribution in [0.1, 0.15) is 6.92 Å². The van der Waals surface area contributed by atoms with Crippen molar-refractivity contribution in [1.29, 1.82) is 0 Å². The molecule has 2 fully saturated rings. The summed E-state index contributed by atoms with van der Waals surface area (Å²) in [6, 6.07) is 0. The highest BCUT2D eigenvalue weighted by Crippen LogP contribution is 2.38. The van der Waals surface area contributed by atoms with Crippen LogP contribution in [-0.4, -0.2) is 31.3 Å². The van der Waals surface area contributed by atoms with Gasteiger partial charge in [-0.1, -0.05) is 0 Å². The summed E-state index contributed by atoms with van der Waals surface area (Å²) in [5.41, 5.74) is 5.14. The van der Waals surface area contributed by atoms with E-state index < -0.39 is 5.97 Å². The van der Waals surface area contributed by atoms with Gasteiger partial charge in [0, 0.05) is 0 Å². The summed E-state index contributed by atoms with van der Waals surface area (Å²) in [5.74, 6) is -0.908. The first-order valence-electron chi connectivity index (χ1n) is 3.36. The molecule has 2 heterocycles. The van der Waals surface area contributed by atoms with Crippen LogP contribution in [-0.2, 0) is 14.2 Å². The quantitative estimate of drug-likeness (QED) is 0.537. The fourth-order valence-corrected chi connectivity index (χ4v) is 1.26. The fourth-order valence-electron chi connectivity index (χ4n) is 1.26. The second-order valence-corrected chi connectivity index (χ2v) is 3.02. The lowest BCUT2D eigenvalue weighted by Gasteiger charge is -2.21. The van der Waals surface area contributed by atoms with Gasteiger partial charge in [-0.2, -0.15) is 0 Å². The molecule has 0 atom stereocenters. The summed E-state index contributed by atoms with van der Waals surface area (Å²) in [4.78, 5) is 0. The molecule has 2 bridgehead atoms. The van der Waals surface area contributed by atoms with E-state index in [1.807, 2.05) is 6.92 Å². The Labute approximate surface area is 59.2 Å². The monoisotopic (exact) mass is 145 g/mol. The minimum Gasteiger partial charge on any atom is -0.324 e. The molecule has 2 aliphatic rings. The highest BCUT2D eigenvalue weighted by atomic mass is 16.9. The fraction of sp³-hybridized carbons (Fsp3) is 1.00. The molecule has 2 rings (SSSR count). The molecule has 2 N–H and O–H groups in total. The third-order valence-corrected chi connectivity index (χ3v) is 1.85. The van der Waals surface area contributed by atoms with Gasteiger partial charge in [0.15, 0.2) is 0 Å². The van der Waals surface area contributed by atoms with Crippen molar-refractivity contribution in [2.24, 2.45) is 5.73 Å². The van der Waals surface area contributed by atoms with Gasteiger partial charge in [-0.3, -0.25) is 0 Å². The highest BCUT2D eigenvalue weighted by molar-refractivity contribution is 4.89. The molecule has 0 radical (unpaired) electrons. The standard InChI is InChI=1S/C6H11NO3/c1-5-3-8-6(2-7,10-5)9-4-5/h2-4,7H2,1H3. The van der Waals surface area contributed by atoms with Crippen molar-refractivity contribution < 1.29 is 14.2 Å². The van der Waals surface area contributed by atoms with Crippen LogP contribution in [0.5, 0.6) is 0 Å². The van der Waals surface area contributed by atoms with Gasteiger partial charge >= 0.3 is 0 Å². The van der Waals surface area contributed by atoms with Crippen LogP contribution in [0.3, 0.4) is 0 Å². The lowest BCUT2D eigenvalue weighted by molar-refractivity contribution is -0.290. The van der Waals surface area contributed by atoms with E-state index in [0.717, 1.165) is 0 Å². The Hall–Kier alpha value is -0.160. The van der Waals surface area contributed by atoms with Crippen LogP contribution in [0.2, 0.25) is 0 Å². The van der Waals surface area contributed by atoms with Gasteiger partial charge in [0.25, 0.3) is 5.97 Å². The molecule has 2 aliphatic heterocycles. The zero-order valence-corrected chi connectivity index (χ0v) is 5.92. The van der Waals surface area contributed by atoms with E-state index in [0.29, 0.717) is 13.2 Å². The molecular weight excluding hydrogens is 134 g/mol. The Bertz CT molecular complexity index is 151. The maximum absolute atomic E-state index is 5.43. The predicted molar refractivity (Wildman–Crippen MR) is 33.2 cm³/mol. The summed E-state index contributed by atoms with van der Waals surface area (Å²) in [6.45, 7) is 3.40. The maximum Gasteiger partial charge on any atom is 0.296 e. The Morgan fingerprint density at radius 2 is 2.00 bits per heavy atom. The average molecular weight is 145 g/mol. The van der Waals surface area contributed by atoms with Gasteiger partial charge in [-0.05, 0) is 6.92 Å². The van der Waals surface area contributed by atoms with Crippen molar-refractivity contribution in [2.45, 2.75) is 18.5 Å². The number of hydrogen-bond acceptors (Lipinski definition) is 4. The Morgan fingerprint density at radius 3 is 2.20 bits per heavy atom. The summed E-state index contributed by atoms with van der Waals surface area (Å²) in [7, 11) is 0. The molecule has 4 nitrogen and oxygen atoms in total. The van der Waals surface area contributed by atoms with Gasteiger partial charge in [-0.15, -0.1) is 0 Å². The number of nitrogens with two attached hydrogens (primary N) is 1. The molecule has 58 valence electrons.